The highest BCUT2D eigenvalue weighted by atomic mass is 16.5. The summed E-state index contributed by atoms with van der Waals surface area (Å²) in [4.78, 5) is 0. The summed E-state index contributed by atoms with van der Waals surface area (Å²) in [5, 5.41) is 2.33. The SMILES string of the molecule is COc1ccc(CC[NH2+]Cc2cccn2C)cc1OC. The predicted octanol–water partition coefficient (Wildman–Crippen LogP) is 1.35. The highest BCUT2D eigenvalue weighted by Gasteiger charge is 2.05. The van der Waals surface area contributed by atoms with E-state index in [9.17, 15) is 0 Å². The maximum atomic E-state index is 5.32. The average molecular weight is 275 g/mol. The third kappa shape index (κ3) is 3.54. The van der Waals surface area contributed by atoms with E-state index < -0.39 is 0 Å². The van der Waals surface area contributed by atoms with Crippen molar-refractivity contribution in [1.29, 1.82) is 0 Å². The first-order valence-corrected chi connectivity index (χ1v) is 6.87. The number of methoxy groups -OCH3 is 2. The molecule has 0 radical (unpaired) electrons. The normalized spacial score (nSPS) is 10.6. The van der Waals surface area contributed by atoms with Crippen LogP contribution in [0.3, 0.4) is 0 Å². The smallest absolute Gasteiger partial charge is 0.160 e. The number of aromatic nitrogens is 1. The van der Waals surface area contributed by atoms with Gasteiger partial charge in [-0.2, -0.15) is 0 Å². The minimum Gasteiger partial charge on any atom is -0.493 e. The summed E-state index contributed by atoms with van der Waals surface area (Å²) in [6.07, 6.45) is 3.10. The molecular weight excluding hydrogens is 252 g/mol. The van der Waals surface area contributed by atoms with Crippen molar-refractivity contribution in [3.8, 4) is 11.5 Å². The largest absolute Gasteiger partial charge is 0.493 e. The molecule has 2 N–H and O–H groups in total. The molecule has 0 spiro atoms. The molecule has 0 fully saturated rings. The van der Waals surface area contributed by atoms with E-state index in [1.807, 2.05) is 6.07 Å². The van der Waals surface area contributed by atoms with Crippen LogP contribution in [-0.2, 0) is 20.0 Å². The Bertz CT molecular complexity index is 549. The van der Waals surface area contributed by atoms with Crippen LogP contribution in [0.4, 0.5) is 0 Å². The van der Waals surface area contributed by atoms with Gasteiger partial charge in [-0.05, 0) is 29.8 Å². The standard InChI is InChI=1S/C16H22N2O2/c1-18-10-4-5-14(18)12-17-9-8-13-6-7-15(19-2)16(11-13)20-3/h4-7,10-11,17H,8-9,12H2,1-3H3/p+1. The molecule has 1 aromatic heterocycles. The fraction of sp³-hybridized carbons (Fsp3) is 0.375. The fourth-order valence-electron chi connectivity index (χ4n) is 2.26. The van der Waals surface area contributed by atoms with Crippen molar-refractivity contribution in [3.05, 3.63) is 47.8 Å². The molecule has 108 valence electrons. The molecule has 20 heavy (non-hydrogen) atoms. The van der Waals surface area contributed by atoms with E-state index in [1.165, 1.54) is 11.3 Å². The zero-order valence-corrected chi connectivity index (χ0v) is 12.4. The summed E-state index contributed by atoms with van der Waals surface area (Å²) in [6.45, 7) is 2.07. The summed E-state index contributed by atoms with van der Waals surface area (Å²) in [7, 11) is 5.41. The number of benzene rings is 1. The summed E-state index contributed by atoms with van der Waals surface area (Å²) in [6, 6.07) is 10.3. The van der Waals surface area contributed by atoms with Crippen LogP contribution in [0.25, 0.3) is 0 Å². The minimum atomic E-state index is 0.782. The first-order valence-electron chi connectivity index (χ1n) is 6.87. The van der Waals surface area contributed by atoms with Crippen molar-refractivity contribution in [2.75, 3.05) is 20.8 Å². The van der Waals surface area contributed by atoms with Gasteiger partial charge in [0.1, 0.15) is 6.54 Å². The second-order valence-electron chi connectivity index (χ2n) is 4.83. The maximum Gasteiger partial charge on any atom is 0.160 e. The van der Waals surface area contributed by atoms with Gasteiger partial charge in [0.15, 0.2) is 11.5 Å². The number of nitrogens with zero attached hydrogens (tertiary/aromatic N) is 1. The molecule has 1 heterocycles. The molecule has 0 aliphatic carbocycles. The van der Waals surface area contributed by atoms with Gasteiger partial charge in [0.05, 0.1) is 26.5 Å². The van der Waals surface area contributed by atoms with Crippen molar-refractivity contribution in [3.63, 3.8) is 0 Å². The van der Waals surface area contributed by atoms with E-state index in [0.29, 0.717) is 0 Å². The van der Waals surface area contributed by atoms with Gasteiger partial charge in [0.25, 0.3) is 0 Å². The van der Waals surface area contributed by atoms with Gasteiger partial charge in [-0.1, -0.05) is 6.07 Å². The molecule has 0 aliphatic heterocycles. The van der Waals surface area contributed by atoms with Gasteiger partial charge in [0.2, 0.25) is 0 Å². The van der Waals surface area contributed by atoms with Crippen molar-refractivity contribution < 1.29 is 14.8 Å². The van der Waals surface area contributed by atoms with Crippen LogP contribution in [0, 0.1) is 0 Å². The van der Waals surface area contributed by atoms with Crippen LogP contribution in [0.15, 0.2) is 36.5 Å². The monoisotopic (exact) mass is 275 g/mol. The summed E-state index contributed by atoms with van der Waals surface area (Å²) >= 11 is 0. The van der Waals surface area contributed by atoms with Crippen LogP contribution < -0.4 is 14.8 Å². The lowest BCUT2D eigenvalue weighted by molar-refractivity contribution is -0.670. The topological polar surface area (TPSA) is 40.0 Å². The van der Waals surface area contributed by atoms with Crippen molar-refractivity contribution in [1.82, 2.24) is 4.57 Å². The number of ether oxygens (including phenoxy) is 2. The Labute approximate surface area is 120 Å². The summed E-state index contributed by atoms with van der Waals surface area (Å²) in [5.74, 6) is 1.58. The highest BCUT2D eigenvalue weighted by Crippen LogP contribution is 2.27. The van der Waals surface area contributed by atoms with Gasteiger partial charge >= 0.3 is 0 Å². The van der Waals surface area contributed by atoms with Crippen LogP contribution in [0.2, 0.25) is 0 Å². The number of nitrogens with two attached hydrogens (primary N) is 1. The summed E-state index contributed by atoms with van der Waals surface area (Å²) in [5.41, 5.74) is 2.61. The molecule has 0 aliphatic rings. The Kier molecular flexibility index (Phi) is 5.07. The Hall–Kier alpha value is -1.94. The molecule has 0 saturated heterocycles. The minimum absolute atomic E-state index is 0.782. The number of quaternary nitrogens is 1. The van der Waals surface area contributed by atoms with E-state index in [1.54, 1.807) is 14.2 Å². The van der Waals surface area contributed by atoms with Crippen LogP contribution in [0.5, 0.6) is 11.5 Å². The fourth-order valence-corrected chi connectivity index (χ4v) is 2.26. The van der Waals surface area contributed by atoms with E-state index >= 15 is 0 Å². The molecule has 0 unspecified atom stereocenters. The quantitative estimate of drug-likeness (QED) is 0.775. The Morgan fingerprint density at radius 3 is 2.55 bits per heavy atom. The first kappa shape index (κ1) is 14.5. The van der Waals surface area contributed by atoms with Crippen LogP contribution in [0.1, 0.15) is 11.3 Å². The molecule has 4 nitrogen and oxygen atoms in total. The van der Waals surface area contributed by atoms with Crippen molar-refractivity contribution in [2.45, 2.75) is 13.0 Å². The maximum absolute atomic E-state index is 5.32. The molecular formula is C16H23N2O2+. The predicted molar refractivity (Wildman–Crippen MR) is 79.2 cm³/mol. The lowest BCUT2D eigenvalue weighted by Crippen LogP contribution is -2.83. The molecule has 2 rings (SSSR count). The Morgan fingerprint density at radius 1 is 1.10 bits per heavy atom. The Balaban J connectivity index is 1.83. The van der Waals surface area contributed by atoms with Gasteiger partial charge in [-0.25, -0.2) is 0 Å². The second-order valence-corrected chi connectivity index (χ2v) is 4.83. The number of aryl methyl sites for hydroxylation is 1. The van der Waals surface area contributed by atoms with Gasteiger partial charge in [-0.3, -0.25) is 0 Å². The molecule has 1 aromatic carbocycles. The van der Waals surface area contributed by atoms with Gasteiger partial charge < -0.3 is 19.4 Å². The third-order valence-electron chi connectivity index (χ3n) is 3.49. The molecule has 0 amide bonds. The average Bonchev–Trinajstić information content (AvgIpc) is 2.88. The zero-order valence-electron chi connectivity index (χ0n) is 12.4. The van der Waals surface area contributed by atoms with Crippen molar-refractivity contribution in [2.24, 2.45) is 7.05 Å². The van der Waals surface area contributed by atoms with Gasteiger partial charge in [0, 0.05) is 19.7 Å². The zero-order chi connectivity index (χ0) is 14.4. The number of hydrogen-bond acceptors (Lipinski definition) is 2. The van der Waals surface area contributed by atoms with Gasteiger partial charge in [-0.15, -0.1) is 0 Å². The first-order chi connectivity index (χ1) is 9.74. The van der Waals surface area contributed by atoms with Crippen LogP contribution in [-0.4, -0.2) is 25.3 Å². The molecule has 0 saturated carbocycles. The lowest BCUT2D eigenvalue weighted by atomic mass is 10.1. The Morgan fingerprint density at radius 2 is 1.90 bits per heavy atom. The van der Waals surface area contributed by atoms with E-state index in [2.05, 4.69) is 47.4 Å². The molecule has 2 aromatic rings. The summed E-state index contributed by atoms with van der Waals surface area (Å²) < 4.78 is 12.7. The van der Waals surface area contributed by atoms with E-state index in [4.69, 9.17) is 9.47 Å². The van der Waals surface area contributed by atoms with E-state index in [0.717, 1.165) is 31.0 Å². The third-order valence-corrected chi connectivity index (χ3v) is 3.49. The molecule has 0 bridgehead atoms. The molecule has 0 atom stereocenters. The number of rotatable bonds is 7. The van der Waals surface area contributed by atoms with E-state index in [-0.39, 0.29) is 0 Å². The second kappa shape index (κ2) is 7.01. The lowest BCUT2D eigenvalue weighted by Gasteiger charge is -2.09. The number of hydrogen-bond donors (Lipinski definition) is 1. The van der Waals surface area contributed by atoms with Crippen LogP contribution >= 0.6 is 0 Å². The van der Waals surface area contributed by atoms with Crippen molar-refractivity contribution >= 4 is 0 Å². The highest BCUT2D eigenvalue weighted by molar-refractivity contribution is 5.42. The molecule has 4 heteroatoms.